The highest BCUT2D eigenvalue weighted by atomic mass is 31.2. The molecule has 4 rings (SSSR count). The normalized spacial score (nSPS) is 14.0. The van der Waals surface area contributed by atoms with Crippen molar-refractivity contribution in [2.45, 2.75) is 12.8 Å². The Hall–Kier alpha value is -2.50. The molecule has 0 bridgehead atoms. The van der Waals surface area contributed by atoms with Gasteiger partial charge in [0.25, 0.3) is 0 Å². The first-order chi connectivity index (χ1) is 12.7. The average Bonchev–Trinajstić information content (AvgIpc) is 3.56. The molecule has 0 radical (unpaired) electrons. The molecule has 0 amide bonds. The van der Waals surface area contributed by atoms with E-state index in [1.54, 1.807) is 0 Å². The molecule has 0 aliphatic heterocycles. The SMILES string of the molecule is C=C(C(=O)C1CC1)[P+](c1ccccc1)(c1ccccc1)c1ccccc1. The molecule has 128 valence electrons. The molecule has 0 spiro atoms. The number of carbonyl (C=O) groups excluding carboxylic acids is 1. The van der Waals surface area contributed by atoms with Crippen LogP contribution in [0.2, 0.25) is 0 Å². The van der Waals surface area contributed by atoms with Crippen molar-refractivity contribution >= 4 is 29.0 Å². The molecule has 1 nitrogen and oxygen atoms in total. The lowest BCUT2D eigenvalue weighted by Crippen LogP contribution is -2.34. The topological polar surface area (TPSA) is 17.1 Å². The summed E-state index contributed by atoms with van der Waals surface area (Å²) in [5.41, 5.74) is 0. The zero-order valence-corrected chi connectivity index (χ0v) is 15.6. The fraction of sp³-hybridized carbons (Fsp3) is 0.125. The highest BCUT2D eigenvalue weighted by Crippen LogP contribution is 2.63. The number of rotatable bonds is 6. The van der Waals surface area contributed by atoms with Crippen LogP contribution in [0.1, 0.15) is 12.8 Å². The van der Waals surface area contributed by atoms with E-state index in [1.165, 1.54) is 15.9 Å². The quantitative estimate of drug-likeness (QED) is 0.470. The summed E-state index contributed by atoms with van der Waals surface area (Å²) in [6.45, 7) is 4.42. The number of hydrogen-bond donors (Lipinski definition) is 0. The number of ketones is 1. The van der Waals surface area contributed by atoms with Crippen LogP contribution in [0.3, 0.4) is 0 Å². The van der Waals surface area contributed by atoms with Gasteiger partial charge in [-0.3, -0.25) is 4.79 Å². The van der Waals surface area contributed by atoms with Gasteiger partial charge in [0.2, 0.25) is 5.78 Å². The Kier molecular flexibility index (Phi) is 4.57. The fourth-order valence-corrected chi connectivity index (χ4v) is 7.82. The zero-order chi connectivity index (χ0) is 18.0. The van der Waals surface area contributed by atoms with Crippen LogP contribution in [0.15, 0.2) is 103 Å². The van der Waals surface area contributed by atoms with Crippen molar-refractivity contribution in [3.05, 3.63) is 103 Å². The summed E-state index contributed by atoms with van der Waals surface area (Å²) in [7, 11) is -2.26. The maximum atomic E-state index is 13.2. The molecule has 26 heavy (non-hydrogen) atoms. The molecular formula is C24H22OP+. The van der Waals surface area contributed by atoms with Gasteiger partial charge in [-0.15, -0.1) is 0 Å². The lowest BCUT2D eigenvalue weighted by molar-refractivity contribution is -0.116. The molecule has 0 aromatic heterocycles. The van der Waals surface area contributed by atoms with E-state index in [-0.39, 0.29) is 11.7 Å². The summed E-state index contributed by atoms with van der Waals surface area (Å²) in [4.78, 5) is 13.2. The lowest BCUT2D eigenvalue weighted by atomic mass is 10.3. The molecule has 3 aromatic rings. The Morgan fingerprint density at radius 3 is 1.35 bits per heavy atom. The summed E-state index contributed by atoms with van der Waals surface area (Å²) in [6.07, 6.45) is 1.99. The average molecular weight is 357 g/mol. The van der Waals surface area contributed by atoms with Crippen molar-refractivity contribution in [2.24, 2.45) is 5.92 Å². The second-order valence-electron chi connectivity index (χ2n) is 6.76. The summed E-state index contributed by atoms with van der Waals surface area (Å²) in [5, 5.41) is 4.35. The van der Waals surface area contributed by atoms with Gasteiger partial charge in [-0.1, -0.05) is 61.2 Å². The minimum atomic E-state index is -2.26. The molecule has 0 N–H and O–H groups in total. The van der Waals surface area contributed by atoms with Crippen LogP contribution >= 0.6 is 7.26 Å². The van der Waals surface area contributed by atoms with E-state index in [0.717, 1.165) is 18.2 Å². The van der Waals surface area contributed by atoms with Crippen LogP contribution in [-0.4, -0.2) is 5.78 Å². The van der Waals surface area contributed by atoms with Gasteiger partial charge < -0.3 is 0 Å². The van der Waals surface area contributed by atoms with Gasteiger partial charge in [0, 0.05) is 5.92 Å². The first-order valence-electron chi connectivity index (χ1n) is 9.04. The number of allylic oxidation sites excluding steroid dienone is 1. The molecule has 1 fully saturated rings. The first-order valence-corrected chi connectivity index (χ1v) is 10.8. The first kappa shape index (κ1) is 16.9. The van der Waals surface area contributed by atoms with Gasteiger partial charge in [-0.2, -0.15) is 0 Å². The van der Waals surface area contributed by atoms with Crippen LogP contribution in [0.4, 0.5) is 0 Å². The monoisotopic (exact) mass is 357 g/mol. The fourth-order valence-electron chi connectivity index (χ4n) is 3.62. The van der Waals surface area contributed by atoms with E-state index in [9.17, 15) is 4.79 Å². The zero-order valence-electron chi connectivity index (χ0n) is 14.7. The van der Waals surface area contributed by atoms with Gasteiger partial charge >= 0.3 is 0 Å². The van der Waals surface area contributed by atoms with E-state index < -0.39 is 7.26 Å². The Morgan fingerprint density at radius 2 is 1.04 bits per heavy atom. The highest BCUT2D eigenvalue weighted by molar-refractivity contribution is 7.99. The Morgan fingerprint density at radius 1 is 0.692 bits per heavy atom. The van der Waals surface area contributed by atoms with Gasteiger partial charge in [0.1, 0.15) is 28.5 Å². The number of benzene rings is 3. The minimum absolute atomic E-state index is 0.165. The van der Waals surface area contributed by atoms with Crippen molar-refractivity contribution in [2.75, 3.05) is 0 Å². The molecule has 1 saturated carbocycles. The third kappa shape index (κ3) is 2.83. The standard InChI is InChI=1S/C24H22OP/c1-19(24(25)20-17-18-20)26(21-11-5-2-6-12-21,22-13-7-3-8-14-22)23-15-9-4-10-16-23/h2-16,20H,1,17-18H2/q+1. The molecule has 0 unspecified atom stereocenters. The van der Waals surface area contributed by atoms with E-state index >= 15 is 0 Å². The lowest BCUT2D eigenvalue weighted by Gasteiger charge is -2.28. The van der Waals surface area contributed by atoms with Crippen LogP contribution in [0.25, 0.3) is 0 Å². The highest BCUT2D eigenvalue weighted by Gasteiger charge is 2.53. The maximum absolute atomic E-state index is 13.2. The predicted molar refractivity (Wildman–Crippen MR) is 112 cm³/mol. The van der Waals surface area contributed by atoms with Gasteiger partial charge in [0.05, 0.1) is 0 Å². The molecule has 2 heteroatoms. The smallest absolute Gasteiger partial charge is 0.201 e. The van der Waals surface area contributed by atoms with E-state index in [0.29, 0.717) is 0 Å². The predicted octanol–water partition coefficient (Wildman–Crippen LogP) is 4.47. The van der Waals surface area contributed by atoms with Crippen molar-refractivity contribution in [1.82, 2.24) is 0 Å². The maximum Gasteiger partial charge on any atom is 0.201 e. The molecular weight excluding hydrogens is 335 g/mol. The van der Waals surface area contributed by atoms with Crippen molar-refractivity contribution in [3.63, 3.8) is 0 Å². The Balaban J connectivity index is 2.03. The molecule has 1 aliphatic carbocycles. The van der Waals surface area contributed by atoms with Gasteiger partial charge in [-0.25, -0.2) is 0 Å². The summed E-state index contributed by atoms with van der Waals surface area (Å²) in [6, 6.07) is 31.4. The summed E-state index contributed by atoms with van der Waals surface area (Å²) >= 11 is 0. The number of carbonyl (C=O) groups is 1. The number of hydrogen-bond acceptors (Lipinski definition) is 1. The van der Waals surface area contributed by atoms with Crippen LogP contribution < -0.4 is 15.9 Å². The third-order valence-electron chi connectivity index (χ3n) is 5.07. The Labute approximate surface area is 155 Å². The molecule has 3 aromatic carbocycles. The molecule has 0 atom stereocenters. The third-order valence-corrected chi connectivity index (χ3v) is 9.32. The minimum Gasteiger partial charge on any atom is -0.290 e. The summed E-state index contributed by atoms with van der Waals surface area (Å²) in [5.74, 6) is 0.410. The Bertz CT molecular complexity index is 816. The van der Waals surface area contributed by atoms with Crippen molar-refractivity contribution < 1.29 is 4.79 Å². The second-order valence-corrected chi connectivity index (χ2v) is 10.2. The second kappa shape index (κ2) is 7.02. The van der Waals surface area contributed by atoms with Crippen LogP contribution in [-0.2, 0) is 4.79 Å². The molecule has 0 saturated heterocycles. The van der Waals surface area contributed by atoms with E-state index in [2.05, 4.69) is 79.4 Å². The molecule has 0 heterocycles. The van der Waals surface area contributed by atoms with E-state index in [4.69, 9.17) is 0 Å². The molecule has 1 aliphatic rings. The van der Waals surface area contributed by atoms with Crippen molar-refractivity contribution in [3.8, 4) is 0 Å². The summed E-state index contributed by atoms with van der Waals surface area (Å²) < 4.78 is 0. The largest absolute Gasteiger partial charge is 0.290 e. The van der Waals surface area contributed by atoms with Crippen molar-refractivity contribution in [1.29, 1.82) is 0 Å². The number of Topliss-reactive ketones (excluding diaryl/α,β-unsaturated/α-hetero) is 1. The van der Waals surface area contributed by atoms with E-state index in [1.807, 2.05) is 18.2 Å². The van der Waals surface area contributed by atoms with Crippen LogP contribution in [0.5, 0.6) is 0 Å². The van der Waals surface area contributed by atoms with Gasteiger partial charge in [-0.05, 0) is 49.2 Å². The van der Waals surface area contributed by atoms with Gasteiger partial charge in [0.15, 0.2) is 0 Å². The van der Waals surface area contributed by atoms with Crippen LogP contribution in [0, 0.1) is 5.92 Å².